The quantitative estimate of drug-likeness (QED) is 0.873. The van der Waals surface area contributed by atoms with Crippen LogP contribution < -0.4 is 5.73 Å². The summed E-state index contributed by atoms with van der Waals surface area (Å²) in [4.78, 5) is 0. The average Bonchev–Trinajstić information content (AvgIpc) is 2.37. The van der Waals surface area contributed by atoms with Crippen LogP contribution in [0.3, 0.4) is 0 Å². The third-order valence-corrected chi connectivity index (χ3v) is 5.93. The molecule has 108 valence electrons. The van der Waals surface area contributed by atoms with E-state index in [1.807, 2.05) is 39.0 Å². The molecule has 0 aromatic heterocycles. The number of benzene rings is 1. The third-order valence-electron chi connectivity index (χ3n) is 3.65. The summed E-state index contributed by atoms with van der Waals surface area (Å²) < 4.78 is 24.4. The van der Waals surface area contributed by atoms with Crippen LogP contribution in [-0.4, -0.2) is 19.4 Å². The lowest BCUT2D eigenvalue weighted by atomic mass is 9.98. The predicted molar refractivity (Wildman–Crippen MR) is 81.0 cm³/mol. The first-order valence-corrected chi connectivity index (χ1v) is 8.55. The average molecular weight is 283 g/mol. The van der Waals surface area contributed by atoms with Crippen LogP contribution in [0.5, 0.6) is 0 Å². The zero-order valence-corrected chi connectivity index (χ0v) is 13.1. The summed E-state index contributed by atoms with van der Waals surface area (Å²) in [5.74, 6) is 0.225. The van der Waals surface area contributed by atoms with E-state index in [-0.39, 0.29) is 5.75 Å². The topological polar surface area (TPSA) is 60.2 Å². The summed E-state index contributed by atoms with van der Waals surface area (Å²) >= 11 is 0. The lowest BCUT2D eigenvalue weighted by Crippen LogP contribution is -2.33. The molecular weight excluding hydrogens is 258 g/mol. The fourth-order valence-electron chi connectivity index (χ4n) is 2.13. The second-order valence-electron chi connectivity index (χ2n) is 5.31. The molecule has 0 spiro atoms. The second kappa shape index (κ2) is 6.53. The molecule has 0 saturated heterocycles. The summed E-state index contributed by atoms with van der Waals surface area (Å²) in [6.45, 7) is 7.67. The van der Waals surface area contributed by atoms with Crippen molar-refractivity contribution >= 4 is 9.84 Å². The Bertz CT molecular complexity index is 523. The number of unbranched alkanes of at least 4 members (excludes halogenated alkanes) is 1. The molecular formula is C15H25NO2S. The molecule has 0 aliphatic carbocycles. The van der Waals surface area contributed by atoms with E-state index in [1.54, 1.807) is 6.92 Å². The van der Waals surface area contributed by atoms with Gasteiger partial charge in [-0.15, -0.1) is 0 Å². The Labute approximate surface area is 117 Å². The molecule has 0 fully saturated rings. The molecule has 2 unspecified atom stereocenters. The Kier molecular flexibility index (Phi) is 5.56. The van der Waals surface area contributed by atoms with E-state index in [0.29, 0.717) is 6.42 Å². The van der Waals surface area contributed by atoms with Crippen LogP contribution in [0.4, 0.5) is 0 Å². The minimum Gasteiger partial charge on any atom is -0.323 e. The standard InChI is InChI=1S/C15H25NO2S/c1-5-6-9-19(17,18)13(4)15(16)14-10-11(2)7-8-12(14)3/h7-8,10,13,15H,5-6,9,16H2,1-4H3. The van der Waals surface area contributed by atoms with E-state index in [0.717, 1.165) is 23.1 Å². The van der Waals surface area contributed by atoms with Gasteiger partial charge in [0.15, 0.2) is 9.84 Å². The first-order chi connectivity index (χ1) is 8.79. The number of rotatable bonds is 6. The van der Waals surface area contributed by atoms with Crippen molar-refractivity contribution in [2.75, 3.05) is 5.75 Å². The first kappa shape index (κ1) is 16.2. The van der Waals surface area contributed by atoms with Gasteiger partial charge in [-0.1, -0.05) is 37.1 Å². The molecule has 0 saturated carbocycles. The molecule has 1 rings (SSSR count). The molecule has 4 heteroatoms. The minimum absolute atomic E-state index is 0.225. The van der Waals surface area contributed by atoms with E-state index in [1.165, 1.54) is 0 Å². The van der Waals surface area contributed by atoms with Gasteiger partial charge in [0.1, 0.15) is 0 Å². The van der Waals surface area contributed by atoms with Crippen molar-refractivity contribution in [2.24, 2.45) is 5.73 Å². The fraction of sp³-hybridized carbons (Fsp3) is 0.600. The van der Waals surface area contributed by atoms with Gasteiger partial charge in [0.05, 0.1) is 11.0 Å². The summed E-state index contributed by atoms with van der Waals surface area (Å²) in [5.41, 5.74) is 9.28. The van der Waals surface area contributed by atoms with E-state index >= 15 is 0 Å². The Morgan fingerprint density at radius 3 is 2.47 bits per heavy atom. The normalized spacial score (nSPS) is 15.2. The van der Waals surface area contributed by atoms with E-state index in [2.05, 4.69) is 0 Å². The summed E-state index contributed by atoms with van der Waals surface area (Å²) in [5, 5.41) is -0.542. The van der Waals surface area contributed by atoms with Gasteiger partial charge < -0.3 is 5.73 Å². The smallest absolute Gasteiger partial charge is 0.154 e. The highest BCUT2D eigenvalue weighted by Crippen LogP contribution is 2.24. The van der Waals surface area contributed by atoms with Gasteiger partial charge in [0, 0.05) is 6.04 Å². The maximum Gasteiger partial charge on any atom is 0.154 e. The van der Waals surface area contributed by atoms with Crippen LogP contribution in [-0.2, 0) is 9.84 Å². The molecule has 0 aliphatic heterocycles. The van der Waals surface area contributed by atoms with Gasteiger partial charge in [-0.2, -0.15) is 0 Å². The van der Waals surface area contributed by atoms with Crippen molar-refractivity contribution in [3.05, 3.63) is 34.9 Å². The van der Waals surface area contributed by atoms with Crippen LogP contribution in [0.1, 0.15) is 49.4 Å². The molecule has 1 aromatic carbocycles. The van der Waals surface area contributed by atoms with Gasteiger partial charge in [-0.05, 0) is 38.3 Å². The third kappa shape index (κ3) is 4.05. The summed E-state index contributed by atoms with van der Waals surface area (Å²) in [6.07, 6.45) is 1.58. The number of hydrogen-bond donors (Lipinski definition) is 1. The van der Waals surface area contributed by atoms with Crippen molar-refractivity contribution in [1.82, 2.24) is 0 Å². The second-order valence-corrected chi connectivity index (χ2v) is 7.79. The highest BCUT2D eigenvalue weighted by atomic mass is 32.2. The van der Waals surface area contributed by atoms with Crippen molar-refractivity contribution in [3.8, 4) is 0 Å². The minimum atomic E-state index is -3.12. The zero-order chi connectivity index (χ0) is 14.6. The van der Waals surface area contributed by atoms with Crippen LogP contribution in [0, 0.1) is 13.8 Å². The largest absolute Gasteiger partial charge is 0.323 e. The number of hydrogen-bond acceptors (Lipinski definition) is 3. The molecule has 0 aliphatic rings. The molecule has 3 nitrogen and oxygen atoms in total. The van der Waals surface area contributed by atoms with Crippen LogP contribution in [0.25, 0.3) is 0 Å². The van der Waals surface area contributed by atoms with Crippen molar-refractivity contribution in [1.29, 1.82) is 0 Å². The van der Waals surface area contributed by atoms with E-state index < -0.39 is 21.1 Å². The lowest BCUT2D eigenvalue weighted by molar-refractivity contribution is 0.561. The maximum atomic E-state index is 12.2. The fourth-order valence-corrected chi connectivity index (χ4v) is 3.78. The van der Waals surface area contributed by atoms with Gasteiger partial charge in [-0.3, -0.25) is 0 Å². The monoisotopic (exact) mass is 283 g/mol. The molecule has 0 heterocycles. The first-order valence-electron chi connectivity index (χ1n) is 6.84. The van der Waals surface area contributed by atoms with Gasteiger partial charge in [0.25, 0.3) is 0 Å². The zero-order valence-electron chi connectivity index (χ0n) is 12.3. The molecule has 0 bridgehead atoms. The van der Waals surface area contributed by atoms with Crippen LogP contribution in [0.2, 0.25) is 0 Å². The number of aryl methyl sites for hydroxylation is 2. The molecule has 0 amide bonds. The van der Waals surface area contributed by atoms with Gasteiger partial charge >= 0.3 is 0 Å². The molecule has 0 radical (unpaired) electrons. The van der Waals surface area contributed by atoms with Crippen molar-refractivity contribution < 1.29 is 8.42 Å². The molecule has 1 aromatic rings. The predicted octanol–water partition coefficient (Wildman–Crippen LogP) is 2.91. The Balaban J connectivity index is 2.99. The van der Waals surface area contributed by atoms with E-state index in [9.17, 15) is 8.42 Å². The van der Waals surface area contributed by atoms with Crippen LogP contribution in [0.15, 0.2) is 18.2 Å². The molecule has 19 heavy (non-hydrogen) atoms. The highest BCUT2D eigenvalue weighted by Gasteiger charge is 2.28. The Hall–Kier alpha value is -0.870. The van der Waals surface area contributed by atoms with Gasteiger partial charge in [-0.25, -0.2) is 8.42 Å². The summed E-state index contributed by atoms with van der Waals surface area (Å²) in [6, 6.07) is 5.55. The van der Waals surface area contributed by atoms with Crippen molar-refractivity contribution in [3.63, 3.8) is 0 Å². The number of nitrogens with two attached hydrogens (primary N) is 1. The Morgan fingerprint density at radius 2 is 1.89 bits per heavy atom. The highest BCUT2D eigenvalue weighted by molar-refractivity contribution is 7.92. The number of sulfone groups is 1. The SMILES string of the molecule is CCCCS(=O)(=O)C(C)C(N)c1cc(C)ccc1C. The molecule has 2 atom stereocenters. The van der Waals surface area contributed by atoms with Gasteiger partial charge in [0.2, 0.25) is 0 Å². The lowest BCUT2D eigenvalue weighted by Gasteiger charge is -2.22. The van der Waals surface area contributed by atoms with E-state index in [4.69, 9.17) is 5.73 Å². The maximum absolute atomic E-state index is 12.2. The Morgan fingerprint density at radius 1 is 1.26 bits per heavy atom. The van der Waals surface area contributed by atoms with Crippen molar-refractivity contribution in [2.45, 2.75) is 51.8 Å². The summed E-state index contributed by atoms with van der Waals surface area (Å²) in [7, 11) is -3.12. The molecule has 2 N–H and O–H groups in total. The van der Waals surface area contributed by atoms with Crippen LogP contribution >= 0.6 is 0 Å².